The van der Waals surface area contributed by atoms with Gasteiger partial charge in [0.05, 0.1) is 0 Å². The molecule has 0 amide bonds. The Morgan fingerprint density at radius 2 is 1.18 bits per heavy atom. The topological polar surface area (TPSA) is 46.2 Å². The third kappa shape index (κ3) is 19.0. The van der Waals surface area contributed by atoms with Gasteiger partial charge in [0.15, 0.2) is 0 Å². The summed E-state index contributed by atoms with van der Waals surface area (Å²) in [7, 11) is 0. The number of rotatable bonds is 2. The quantitative estimate of drug-likeness (QED) is 0.664. The molecule has 0 radical (unpaired) electrons. The second kappa shape index (κ2) is 22.3. The van der Waals surface area contributed by atoms with E-state index in [1.54, 1.807) is 0 Å². The fourth-order valence-electron chi connectivity index (χ4n) is 1.51. The first-order valence-electron chi connectivity index (χ1n) is 8.85. The summed E-state index contributed by atoms with van der Waals surface area (Å²) in [5, 5.41) is 9.33. The first kappa shape index (κ1) is 29.0. The highest BCUT2D eigenvalue weighted by molar-refractivity contribution is 5.41. The second-order valence-electron chi connectivity index (χ2n) is 4.72. The smallest absolute Gasteiger partial charge is 0.121 e. The molecule has 0 unspecified atom stereocenters. The number of hydrogen-bond acceptors (Lipinski definition) is 2. The van der Waals surface area contributed by atoms with E-state index in [1.165, 1.54) is 5.56 Å². The van der Waals surface area contributed by atoms with Crippen molar-refractivity contribution in [3.63, 3.8) is 0 Å². The molecule has 2 nitrogen and oxygen atoms in total. The van der Waals surface area contributed by atoms with Crippen LogP contribution in [0.3, 0.4) is 0 Å². The molecule has 0 fully saturated rings. The van der Waals surface area contributed by atoms with Gasteiger partial charge < -0.3 is 10.8 Å². The van der Waals surface area contributed by atoms with Crippen molar-refractivity contribution in [1.29, 1.82) is 0 Å². The molecule has 1 aromatic rings. The summed E-state index contributed by atoms with van der Waals surface area (Å²) in [5.41, 5.74) is 8.34. The van der Waals surface area contributed by atoms with Crippen LogP contribution in [0.4, 0.5) is 0 Å². The molecular weight excluding hydrogens is 270 g/mol. The minimum absolute atomic E-state index is 0.422. The van der Waals surface area contributed by atoms with Gasteiger partial charge in [0.2, 0.25) is 0 Å². The van der Waals surface area contributed by atoms with E-state index in [2.05, 4.69) is 13.8 Å². The Balaban J connectivity index is -0.000000117. The number of aromatic hydroxyl groups is 1. The van der Waals surface area contributed by atoms with Gasteiger partial charge in [-0.2, -0.15) is 0 Å². The summed E-state index contributed by atoms with van der Waals surface area (Å²) in [6, 6.07) is 3.95. The van der Waals surface area contributed by atoms with Crippen molar-refractivity contribution >= 4 is 0 Å². The zero-order valence-electron chi connectivity index (χ0n) is 17.2. The van der Waals surface area contributed by atoms with Crippen molar-refractivity contribution in [1.82, 2.24) is 0 Å². The molecule has 22 heavy (non-hydrogen) atoms. The molecule has 0 aliphatic heterocycles. The van der Waals surface area contributed by atoms with Gasteiger partial charge in [-0.05, 0) is 50.8 Å². The molecular formula is C20H43NO. The van der Waals surface area contributed by atoms with Crippen molar-refractivity contribution in [2.75, 3.05) is 6.54 Å². The molecule has 2 heteroatoms. The van der Waals surface area contributed by atoms with E-state index >= 15 is 0 Å². The van der Waals surface area contributed by atoms with Gasteiger partial charge in [-0.3, -0.25) is 0 Å². The molecule has 0 heterocycles. The summed E-state index contributed by atoms with van der Waals surface area (Å²) < 4.78 is 0. The van der Waals surface area contributed by atoms with Crippen molar-refractivity contribution in [2.24, 2.45) is 11.7 Å². The van der Waals surface area contributed by atoms with Crippen molar-refractivity contribution in [3.8, 4) is 5.75 Å². The summed E-state index contributed by atoms with van der Waals surface area (Å²) >= 11 is 0. The van der Waals surface area contributed by atoms with Crippen LogP contribution in [0.5, 0.6) is 5.75 Å². The Kier molecular flexibility index (Phi) is 29.4. The number of phenolic OH excluding ortho intramolecular Hbond substituents is 1. The average molecular weight is 314 g/mol. The van der Waals surface area contributed by atoms with Gasteiger partial charge in [-0.1, -0.05) is 73.1 Å². The highest BCUT2D eigenvalue weighted by Crippen LogP contribution is 2.21. The summed E-state index contributed by atoms with van der Waals surface area (Å²) in [5.74, 6) is 1.20. The Hall–Kier alpha value is -1.02. The molecule has 0 aliphatic carbocycles. The van der Waals surface area contributed by atoms with Crippen LogP contribution in [0, 0.1) is 26.7 Å². The van der Waals surface area contributed by atoms with Gasteiger partial charge in [0, 0.05) is 0 Å². The van der Waals surface area contributed by atoms with Crippen LogP contribution < -0.4 is 5.73 Å². The van der Waals surface area contributed by atoms with E-state index in [0.29, 0.717) is 5.75 Å². The molecule has 0 spiro atoms. The van der Waals surface area contributed by atoms with Gasteiger partial charge >= 0.3 is 0 Å². The molecule has 1 rings (SSSR count). The van der Waals surface area contributed by atoms with E-state index in [9.17, 15) is 5.11 Å². The Morgan fingerprint density at radius 3 is 1.36 bits per heavy atom. The molecule has 0 saturated carbocycles. The average Bonchev–Trinajstić information content (AvgIpc) is 2.51. The molecule has 0 atom stereocenters. The minimum atomic E-state index is 0.422. The minimum Gasteiger partial charge on any atom is -0.507 e. The molecule has 0 saturated heterocycles. The zero-order valence-corrected chi connectivity index (χ0v) is 17.2. The van der Waals surface area contributed by atoms with Gasteiger partial charge in [0.1, 0.15) is 5.75 Å². The molecule has 0 bridgehead atoms. The summed E-state index contributed by atoms with van der Waals surface area (Å²) in [6.07, 6.45) is 1.15. The van der Waals surface area contributed by atoms with E-state index in [4.69, 9.17) is 5.73 Å². The van der Waals surface area contributed by atoms with E-state index < -0.39 is 0 Å². The third-order valence-corrected chi connectivity index (χ3v) is 2.38. The van der Waals surface area contributed by atoms with Crippen LogP contribution >= 0.6 is 0 Å². The maximum absolute atomic E-state index is 9.33. The van der Waals surface area contributed by atoms with Crippen molar-refractivity contribution in [3.05, 3.63) is 28.8 Å². The predicted molar refractivity (Wildman–Crippen MR) is 105 cm³/mol. The van der Waals surface area contributed by atoms with Crippen LogP contribution in [-0.2, 0) is 0 Å². The van der Waals surface area contributed by atoms with Crippen LogP contribution in [0.15, 0.2) is 12.1 Å². The molecule has 3 N–H and O–H groups in total. The fourth-order valence-corrected chi connectivity index (χ4v) is 1.51. The first-order chi connectivity index (χ1) is 10.4. The van der Waals surface area contributed by atoms with E-state index in [-0.39, 0.29) is 0 Å². The fraction of sp³-hybridized carbons (Fsp3) is 0.700. The molecule has 134 valence electrons. The number of nitrogens with two attached hydrogens (primary N) is 1. The van der Waals surface area contributed by atoms with Gasteiger partial charge in [-0.15, -0.1) is 0 Å². The lowest BCUT2D eigenvalue weighted by atomic mass is 10.1. The second-order valence-corrected chi connectivity index (χ2v) is 4.72. The van der Waals surface area contributed by atoms with Crippen LogP contribution in [-0.4, -0.2) is 11.7 Å². The molecule has 0 aliphatic rings. The van der Waals surface area contributed by atoms with Crippen molar-refractivity contribution < 1.29 is 5.11 Å². The van der Waals surface area contributed by atoms with E-state index in [1.807, 2.05) is 74.4 Å². The SMILES string of the molecule is CC.CC.CC.CC(C)CCN.Cc1cc(C)c(O)c(C)c1. The number of benzene rings is 1. The van der Waals surface area contributed by atoms with Crippen molar-refractivity contribution in [2.45, 2.75) is 82.6 Å². The lowest BCUT2D eigenvalue weighted by Gasteiger charge is -2.03. The van der Waals surface area contributed by atoms with Gasteiger partial charge in [0.25, 0.3) is 0 Å². The van der Waals surface area contributed by atoms with Gasteiger partial charge in [-0.25, -0.2) is 0 Å². The van der Waals surface area contributed by atoms with Crippen LogP contribution in [0.2, 0.25) is 0 Å². The maximum Gasteiger partial charge on any atom is 0.121 e. The Morgan fingerprint density at radius 1 is 0.864 bits per heavy atom. The number of phenols is 1. The zero-order chi connectivity index (χ0) is 18.7. The number of aryl methyl sites for hydroxylation is 3. The maximum atomic E-state index is 9.33. The summed E-state index contributed by atoms with van der Waals surface area (Å²) in [4.78, 5) is 0. The molecule has 0 aromatic heterocycles. The monoisotopic (exact) mass is 313 g/mol. The largest absolute Gasteiger partial charge is 0.507 e. The standard InChI is InChI=1S/C9H12O.C5H13N.3C2H6/c1-6-4-7(2)9(10)8(3)5-6;1-5(2)3-4-6;3*1-2/h4-5,10H,1-3H3;5H,3-4,6H2,1-2H3;3*1-2H3. The third-order valence-electron chi connectivity index (χ3n) is 2.38. The first-order valence-corrected chi connectivity index (χ1v) is 8.85. The van der Waals surface area contributed by atoms with Crippen LogP contribution in [0.25, 0.3) is 0 Å². The normalized spacial score (nSPS) is 8.05. The number of hydrogen-bond donors (Lipinski definition) is 2. The predicted octanol–water partition coefficient (Wildman–Crippen LogP) is 6.39. The van der Waals surface area contributed by atoms with Crippen LogP contribution in [0.1, 0.15) is 78.5 Å². The summed E-state index contributed by atoms with van der Waals surface area (Å²) in [6.45, 7) is 23.0. The van der Waals surface area contributed by atoms with E-state index in [0.717, 1.165) is 30.0 Å². The Bertz CT molecular complexity index is 296. The Labute approximate surface area is 141 Å². The lowest BCUT2D eigenvalue weighted by molar-refractivity contribution is 0.466. The lowest BCUT2D eigenvalue weighted by Crippen LogP contribution is -2.01. The molecule has 1 aromatic carbocycles. The highest BCUT2D eigenvalue weighted by atomic mass is 16.3. The highest BCUT2D eigenvalue weighted by Gasteiger charge is 1.98.